The van der Waals surface area contributed by atoms with E-state index in [-0.39, 0.29) is 30.3 Å². The summed E-state index contributed by atoms with van der Waals surface area (Å²) in [6.07, 6.45) is 0.275. The predicted molar refractivity (Wildman–Crippen MR) is 156 cm³/mol. The van der Waals surface area contributed by atoms with Crippen molar-refractivity contribution >= 4 is 32.7 Å². The summed E-state index contributed by atoms with van der Waals surface area (Å²) < 4.78 is 33.8. The summed E-state index contributed by atoms with van der Waals surface area (Å²) >= 11 is 0. The lowest BCUT2D eigenvalue weighted by Crippen LogP contribution is -2.54. The first-order valence-corrected chi connectivity index (χ1v) is 15.1. The second-order valence-corrected chi connectivity index (χ2v) is 12.2. The summed E-state index contributed by atoms with van der Waals surface area (Å²) in [4.78, 5) is 29.9. The van der Waals surface area contributed by atoms with Gasteiger partial charge in [0.1, 0.15) is 12.4 Å². The maximum atomic E-state index is 13.2. The van der Waals surface area contributed by atoms with Gasteiger partial charge in [-0.1, -0.05) is 36.4 Å². The number of hydrogen-bond acceptors (Lipinski definition) is 7. The molecule has 0 spiro atoms. The molecule has 10 nitrogen and oxygen atoms in total. The number of sulfonamides is 1. The Balaban J connectivity index is 1.27. The quantitative estimate of drug-likeness (QED) is 0.200. The van der Waals surface area contributed by atoms with Crippen LogP contribution in [0, 0.1) is 12.8 Å². The Morgan fingerprint density at radius 3 is 2.48 bits per heavy atom. The number of rotatable bonds is 9. The molecule has 1 saturated heterocycles. The van der Waals surface area contributed by atoms with Crippen LogP contribution in [0.1, 0.15) is 34.5 Å². The van der Waals surface area contributed by atoms with Gasteiger partial charge < -0.3 is 10.1 Å². The van der Waals surface area contributed by atoms with Crippen molar-refractivity contribution in [2.24, 2.45) is 5.92 Å². The van der Waals surface area contributed by atoms with Gasteiger partial charge in [0.15, 0.2) is 0 Å². The van der Waals surface area contributed by atoms with Crippen LogP contribution in [0.15, 0.2) is 89.8 Å². The van der Waals surface area contributed by atoms with Gasteiger partial charge in [-0.3, -0.25) is 19.8 Å². The molecule has 42 heavy (non-hydrogen) atoms. The smallest absolute Gasteiger partial charge is 0.251 e. The fourth-order valence-electron chi connectivity index (χ4n) is 5.25. The van der Waals surface area contributed by atoms with E-state index in [4.69, 9.17) is 9.94 Å². The van der Waals surface area contributed by atoms with Crippen molar-refractivity contribution in [1.29, 1.82) is 0 Å². The van der Waals surface area contributed by atoms with Crippen molar-refractivity contribution in [3.63, 3.8) is 0 Å². The highest BCUT2D eigenvalue weighted by atomic mass is 32.2. The number of pyridine rings is 1. The predicted octanol–water partition coefficient (Wildman–Crippen LogP) is 3.83. The highest BCUT2D eigenvalue weighted by Gasteiger charge is 2.37. The number of carbonyl (C=O) groups is 2. The molecule has 0 bridgehead atoms. The third-order valence-corrected chi connectivity index (χ3v) is 9.31. The fourth-order valence-corrected chi connectivity index (χ4v) is 6.75. The number of hydrogen-bond donors (Lipinski definition) is 3. The van der Waals surface area contributed by atoms with Crippen molar-refractivity contribution in [2.45, 2.75) is 37.3 Å². The first-order chi connectivity index (χ1) is 20.2. The third kappa shape index (κ3) is 6.59. The number of fused-ring (bicyclic) bond motifs is 1. The monoisotopic (exact) mass is 588 g/mol. The Labute approximate surface area is 244 Å². The molecule has 0 radical (unpaired) electrons. The number of ether oxygens (including phenoxy) is 1. The van der Waals surface area contributed by atoms with Gasteiger partial charge in [-0.25, -0.2) is 13.9 Å². The molecule has 4 aromatic rings. The highest BCUT2D eigenvalue weighted by molar-refractivity contribution is 7.89. The van der Waals surface area contributed by atoms with Crippen LogP contribution >= 0.6 is 0 Å². The summed E-state index contributed by atoms with van der Waals surface area (Å²) in [5.74, 6) is -0.794. The molecule has 1 fully saturated rings. The van der Waals surface area contributed by atoms with Crippen molar-refractivity contribution in [3.05, 3.63) is 102 Å². The van der Waals surface area contributed by atoms with Gasteiger partial charge >= 0.3 is 0 Å². The number of amides is 2. The molecule has 1 aliphatic rings. The summed E-state index contributed by atoms with van der Waals surface area (Å²) in [5.41, 5.74) is 4.79. The molecule has 3 N–H and O–H groups in total. The van der Waals surface area contributed by atoms with Gasteiger partial charge in [-0.2, -0.15) is 4.31 Å². The Kier molecular flexibility index (Phi) is 8.81. The van der Waals surface area contributed by atoms with Crippen LogP contribution in [0.25, 0.3) is 10.9 Å². The molecule has 5 rings (SSSR count). The van der Waals surface area contributed by atoms with E-state index in [2.05, 4.69) is 10.3 Å². The summed E-state index contributed by atoms with van der Waals surface area (Å²) in [6, 6.07) is 24.0. The lowest BCUT2D eigenvalue weighted by atomic mass is 9.89. The van der Waals surface area contributed by atoms with E-state index >= 15 is 0 Å². The number of aromatic nitrogens is 1. The number of nitrogens with zero attached hydrogens (tertiary/aromatic N) is 2. The SMILES string of the molecule is Cc1cc(COc2ccc(C(=O)N[C@@H]3CN(S(=O)(=O)c4ccccc4)CC[C@H]3CC(=O)NO)cc2)c2ccccc2n1. The number of para-hydroxylation sites is 1. The minimum Gasteiger partial charge on any atom is -0.489 e. The van der Waals surface area contributed by atoms with E-state index in [1.54, 1.807) is 47.9 Å². The zero-order chi connectivity index (χ0) is 29.7. The van der Waals surface area contributed by atoms with E-state index < -0.39 is 27.9 Å². The zero-order valence-electron chi connectivity index (χ0n) is 23.1. The van der Waals surface area contributed by atoms with Crippen LogP contribution in [0.3, 0.4) is 0 Å². The van der Waals surface area contributed by atoms with Crippen LogP contribution < -0.4 is 15.5 Å². The number of hydroxylamine groups is 1. The van der Waals surface area contributed by atoms with Gasteiger partial charge in [0.05, 0.1) is 10.4 Å². The zero-order valence-corrected chi connectivity index (χ0v) is 23.9. The van der Waals surface area contributed by atoms with Crippen LogP contribution in [-0.2, 0) is 21.4 Å². The topological polar surface area (TPSA) is 138 Å². The summed E-state index contributed by atoms with van der Waals surface area (Å²) in [7, 11) is -3.79. The molecule has 0 saturated carbocycles. The number of piperidine rings is 1. The maximum absolute atomic E-state index is 13.2. The molecular formula is C31H32N4O6S. The molecule has 1 aliphatic heterocycles. The van der Waals surface area contributed by atoms with Crippen LogP contribution in [0.2, 0.25) is 0 Å². The lowest BCUT2D eigenvalue weighted by molar-refractivity contribution is -0.130. The second kappa shape index (κ2) is 12.7. The molecule has 1 aromatic heterocycles. The van der Waals surface area contributed by atoms with Crippen LogP contribution in [0.5, 0.6) is 5.75 Å². The largest absolute Gasteiger partial charge is 0.489 e. The maximum Gasteiger partial charge on any atom is 0.251 e. The molecule has 0 aliphatic carbocycles. The highest BCUT2D eigenvalue weighted by Crippen LogP contribution is 2.27. The van der Waals surface area contributed by atoms with Crippen molar-refractivity contribution in [2.75, 3.05) is 13.1 Å². The molecule has 0 unspecified atom stereocenters. The summed E-state index contributed by atoms with van der Waals surface area (Å²) in [6.45, 7) is 2.45. The Bertz CT molecular complexity index is 1680. The normalized spacial score (nSPS) is 17.5. The average molecular weight is 589 g/mol. The molecule has 3 aromatic carbocycles. The van der Waals surface area contributed by atoms with Crippen LogP contribution in [0.4, 0.5) is 0 Å². The Morgan fingerprint density at radius 2 is 1.74 bits per heavy atom. The molecule has 2 atom stereocenters. The third-order valence-electron chi connectivity index (χ3n) is 7.43. The lowest BCUT2D eigenvalue weighted by Gasteiger charge is -2.38. The van der Waals surface area contributed by atoms with E-state index in [1.165, 1.54) is 16.4 Å². The minimum absolute atomic E-state index is 0.00710. The standard InChI is InChI=1S/C31H32N4O6S/c1-21-17-24(27-9-5-6-10-28(27)32-21)20-41-25-13-11-22(12-14-25)31(37)33-29-19-35(16-15-23(29)18-30(36)34-38)42(39,40)26-7-3-2-4-8-26/h2-14,17,23,29,38H,15-16,18-20H2,1H3,(H,33,37)(H,34,36)/t23-,29+/m0/s1. The molecule has 218 valence electrons. The molecule has 11 heteroatoms. The number of nitrogens with one attached hydrogen (secondary N) is 2. The van der Waals surface area contributed by atoms with Gasteiger partial charge in [0, 0.05) is 47.8 Å². The minimum atomic E-state index is -3.79. The van der Waals surface area contributed by atoms with Crippen LogP contribution in [-0.4, -0.2) is 53.9 Å². The number of aryl methyl sites for hydroxylation is 1. The van der Waals surface area contributed by atoms with Gasteiger partial charge in [0.25, 0.3) is 5.91 Å². The van der Waals surface area contributed by atoms with Crippen molar-refractivity contribution in [1.82, 2.24) is 20.1 Å². The Morgan fingerprint density at radius 1 is 1.02 bits per heavy atom. The molecular weight excluding hydrogens is 556 g/mol. The van der Waals surface area contributed by atoms with Crippen molar-refractivity contribution < 1.29 is 28.0 Å². The second-order valence-electron chi connectivity index (χ2n) is 10.3. The average Bonchev–Trinajstić information content (AvgIpc) is 3.01. The van der Waals surface area contributed by atoms with E-state index in [0.29, 0.717) is 24.3 Å². The van der Waals surface area contributed by atoms with E-state index in [1.807, 2.05) is 37.3 Å². The Hall–Kier alpha value is -4.32. The van der Waals surface area contributed by atoms with Gasteiger partial charge in [0.2, 0.25) is 15.9 Å². The van der Waals surface area contributed by atoms with E-state index in [0.717, 1.165) is 22.2 Å². The van der Waals surface area contributed by atoms with E-state index in [9.17, 15) is 18.0 Å². The van der Waals surface area contributed by atoms with Gasteiger partial charge in [-0.05, 0) is 67.8 Å². The fraction of sp³-hybridized carbons (Fsp3) is 0.258. The summed E-state index contributed by atoms with van der Waals surface area (Å²) in [5, 5.41) is 13.0. The molecule has 2 heterocycles. The van der Waals surface area contributed by atoms with Crippen molar-refractivity contribution in [3.8, 4) is 5.75 Å². The number of benzene rings is 3. The number of carbonyl (C=O) groups excluding carboxylic acids is 2. The molecule has 2 amide bonds. The first-order valence-electron chi connectivity index (χ1n) is 13.6. The van der Waals surface area contributed by atoms with Gasteiger partial charge in [-0.15, -0.1) is 0 Å². The first kappa shape index (κ1) is 29.2.